The van der Waals surface area contributed by atoms with Crippen molar-refractivity contribution in [2.24, 2.45) is 17.3 Å². The number of amides is 4. The summed E-state index contributed by atoms with van der Waals surface area (Å²) in [5.74, 6) is 1.40. The lowest BCUT2D eigenvalue weighted by molar-refractivity contribution is -0.138. The molecule has 4 heterocycles. The number of H-pyrrole nitrogens is 2. The summed E-state index contributed by atoms with van der Waals surface area (Å²) < 4.78 is 9.73. The Bertz CT molecular complexity index is 2760. The smallest absolute Gasteiger partial charge is 0.407 e. The number of hydrogen-bond donors (Lipinski definition) is 4. The van der Waals surface area contributed by atoms with Crippen LogP contribution in [0.15, 0.2) is 103 Å². The number of aromatic nitrogens is 4. The standard InChI is InChI=1S/C51H54N8O6/c1-29(2)42(56-49(62)64-3)47(60)58-28-51(20-21-51)25-41(58)45-52-27-40(54-45)36-17-16-34-22-33(14-15-35(34)23-36)30-10-12-31(13-11-30)39-26-53-46(55-39)44-37-18-19-38(24-37)59(44)48(61)43(57-50(63)65-4)32-8-6-5-7-9-32/h5-17,22-23,26-27,29,37-38,41-44H,18-21,24-25,28H2,1-4H3,(H,52,54)(H,53,55)(H,56,62)(H,57,63)/t37-,38-,41+,42+,43-,44+/m1/s1. The fourth-order valence-corrected chi connectivity index (χ4v) is 10.6. The van der Waals surface area contributed by atoms with Crippen molar-refractivity contribution in [2.75, 3.05) is 20.8 Å². The number of aromatic amines is 2. The van der Waals surface area contributed by atoms with Crippen LogP contribution in [0, 0.1) is 17.3 Å². The highest BCUT2D eigenvalue weighted by atomic mass is 16.5. The number of methoxy groups -OCH3 is 2. The molecule has 2 aliphatic carbocycles. The molecule has 14 heteroatoms. The summed E-state index contributed by atoms with van der Waals surface area (Å²) in [6, 6.07) is 28.7. The van der Waals surface area contributed by atoms with Gasteiger partial charge in [-0.1, -0.05) is 92.7 Å². The first-order valence-electron chi connectivity index (χ1n) is 22.6. The van der Waals surface area contributed by atoms with Crippen molar-refractivity contribution in [3.8, 4) is 33.6 Å². The Balaban J connectivity index is 0.838. The zero-order valence-electron chi connectivity index (χ0n) is 37.0. The van der Waals surface area contributed by atoms with E-state index in [4.69, 9.17) is 19.4 Å². The van der Waals surface area contributed by atoms with Crippen molar-refractivity contribution < 1.29 is 28.7 Å². The average Bonchev–Trinajstić information content (AvgIpc) is 3.97. The summed E-state index contributed by atoms with van der Waals surface area (Å²) in [7, 11) is 2.61. The molecule has 65 heavy (non-hydrogen) atoms. The zero-order chi connectivity index (χ0) is 45.0. The average molecular weight is 875 g/mol. The van der Waals surface area contributed by atoms with Crippen molar-refractivity contribution in [1.82, 2.24) is 40.4 Å². The van der Waals surface area contributed by atoms with Gasteiger partial charge in [-0.05, 0) is 101 Å². The Hall–Kier alpha value is -6.96. The lowest BCUT2D eigenvalue weighted by Crippen LogP contribution is -2.51. The van der Waals surface area contributed by atoms with Gasteiger partial charge in [0.05, 0.1) is 50.1 Å². The van der Waals surface area contributed by atoms with Gasteiger partial charge in [-0.2, -0.15) is 0 Å². The summed E-state index contributed by atoms with van der Waals surface area (Å²) in [5, 5.41) is 7.74. The second kappa shape index (κ2) is 16.9. The molecule has 1 spiro atoms. The predicted molar refractivity (Wildman–Crippen MR) is 245 cm³/mol. The molecule has 6 atom stereocenters. The van der Waals surface area contributed by atoms with Crippen molar-refractivity contribution in [3.05, 3.63) is 121 Å². The van der Waals surface area contributed by atoms with Gasteiger partial charge in [0.25, 0.3) is 5.91 Å². The molecule has 6 aromatic rings. The number of carbonyl (C=O) groups is 4. The van der Waals surface area contributed by atoms with Crippen LogP contribution in [0.4, 0.5) is 9.59 Å². The number of ether oxygens (including phenoxy) is 2. The monoisotopic (exact) mass is 874 g/mol. The number of benzene rings is 4. The van der Waals surface area contributed by atoms with Crippen LogP contribution in [0.1, 0.15) is 87.7 Å². The second-order valence-electron chi connectivity index (χ2n) is 18.7. The third kappa shape index (κ3) is 7.99. The molecule has 4 fully saturated rings. The molecule has 2 saturated carbocycles. The Morgan fingerprint density at radius 2 is 1.34 bits per heavy atom. The Morgan fingerprint density at radius 3 is 2.03 bits per heavy atom. The molecule has 4 amide bonds. The number of hydrogen-bond acceptors (Lipinski definition) is 8. The van der Waals surface area contributed by atoms with Gasteiger partial charge >= 0.3 is 12.2 Å². The van der Waals surface area contributed by atoms with E-state index in [1.165, 1.54) is 14.2 Å². The molecule has 10 rings (SSSR count). The fourth-order valence-electron chi connectivity index (χ4n) is 10.6. The number of fused-ring (bicyclic) bond motifs is 3. The number of rotatable bonds is 11. The van der Waals surface area contributed by atoms with E-state index in [0.717, 1.165) is 94.6 Å². The van der Waals surface area contributed by atoms with Gasteiger partial charge in [0.2, 0.25) is 5.91 Å². The summed E-state index contributed by atoms with van der Waals surface area (Å²) in [5.41, 5.74) is 6.74. The predicted octanol–water partition coefficient (Wildman–Crippen LogP) is 8.87. The van der Waals surface area contributed by atoms with Crippen LogP contribution in [0.5, 0.6) is 0 Å². The highest BCUT2D eigenvalue weighted by molar-refractivity contribution is 5.91. The second-order valence-corrected chi connectivity index (χ2v) is 18.7. The summed E-state index contributed by atoms with van der Waals surface area (Å²) in [4.78, 5) is 73.4. The summed E-state index contributed by atoms with van der Waals surface area (Å²) in [6.45, 7) is 4.51. The maximum absolute atomic E-state index is 14.3. The van der Waals surface area contributed by atoms with Gasteiger partial charge in [-0.15, -0.1) is 0 Å². The van der Waals surface area contributed by atoms with E-state index in [0.29, 0.717) is 12.1 Å². The van der Waals surface area contributed by atoms with Crippen LogP contribution in [0.3, 0.4) is 0 Å². The minimum absolute atomic E-state index is 0.0761. The first-order valence-corrected chi connectivity index (χ1v) is 22.6. The molecule has 4 aromatic carbocycles. The number of piperidine rings is 1. The number of imidazole rings is 2. The SMILES string of the molecule is COC(=O)N[C@H](C(=O)N1CC2(CC2)C[C@H]1c1ncc(-c2ccc3cc(-c4ccc(-c5cnc([C@@H]6[C@@H]7CC[C@H](C7)N6C(=O)[C@H](NC(=O)OC)c6ccccc6)[nH]5)cc4)ccc3c2)[nH]1)C(C)C. The first-order chi connectivity index (χ1) is 31.5. The van der Waals surface area contributed by atoms with Gasteiger partial charge in [-0.3, -0.25) is 9.59 Å². The molecule has 334 valence electrons. The molecule has 0 radical (unpaired) electrons. The maximum Gasteiger partial charge on any atom is 0.407 e. The quantitative estimate of drug-likeness (QED) is 0.0999. The van der Waals surface area contributed by atoms with Gasteiger partial charge in [0, 0.05) is 18.2 Å². The zero-order valence-corrected chi connectivity index (χ0v) is 37.0. The topological polar surface area (TPSA) is 175 Å². The molecule has 14 nitrogen and oxygen atoms in total. The van der Waals surface area contributed by atoms with Crippen LogP contribution in [0.2, 0.25) is 0 Å². The summed E-state index contributed by atoms with van der Waals surface area (Å²) in [6.07, 6.45) is 8.28. The van der Waals surface area contributed by atoms with Crippen LogP contribution in [-0.4, -0.2) is 86.6 Å². The van der Waals surface area contributed by atoms with Crippen LogP contribution >= 0.6 is 0 Å². The molecule has 4 N–H and O–H groups in total. The largest absolute Gasteiger partial charge is 0.453 e. The van der Waals surface area contributed by atoms with E-state index in [1.54, 1.807) is 0 Å². The Labute approximate surface area is 377 Å². The Morgan fingerprint density at radius 1 is 0.723 bits per heavy atom. The van der Waals surface area contributed by atoms with Crippen LogP contribution in [0.25, 0.3) is 44.4 Å². The van der Waals surface area contributed by atoms with Gasteiger partial charge in [0.1, 0.15) is 23.7 Å². The first kappa shape index (κ1) is 42.0. The number of carbonyl (C=O) groups excluding carboxylic acids is 4. The van der Waals surface area contributed by atoms with E-state index < -0.39 is 24.3 Å². The summed E-state index contributed by atoms with van der Waals surface area (Å²) >= 11 is 0. The molecule has 2 aromatic heterocycles. The highest BCUT2D eigenvalue weighted by Crippen LogP contribution is 2.58. The van der Waals surface area contributed by atoms with E-state index in [1.807, 2.05) is 66.4 Å². The van der Waals surface area contributed by atoms with E-state index in [-0.39, 0.29) is 47.2 Å². The van der Waals surface area contributed by atoms with Crippen molar-refractivity contribution >= 4 is 34.8 Å². The van der Waals surface area contributed by atoms with Crippen LogP contribution in [-0.2, 0) is 19.1 Å². The number of nitrogens with zero attached hydrogens (tertiary/aromatic N) is 4. The van der Waals surface area contributed by atoms with Crippen molar-refractivity contribution in [3.63, 3.8) is 0 Å². The normalized spacial score (nSPS) is 21.4. The molecule has 0 unspecified atom stereocenters. The minimum atomic E-state index is -0.874. The lowest BCUT2D eigenvalue weighted by atomic mass is 9.96. The lowest BCUT2D eigenvalue weighted by Gasteiger charge is -2.36. The van der Waals surface area contributed by atoms with Gasteiger partial charge in [0.15, 0.2) is 0 Å². The number of nitrogens with one attached hydrogen (secondary N) is 4. The third-order valence-corrected chi connectivity index (χ3v) is 14.3. The molecular formula is C51H54N8O6. The molecule has 2 bridgehead atoms. The van der Waals surface area contributed by atoms with Crippen molar-refractivity contribution in [1.29, 1.82) is 0 Å². The number of likely N-dealkylation sites (tertiary alicyclic amines) is 2. The Kier molecular flexibility index (Phi) is 10.9. The maximum atomic E-state index is 14.3. The molecule has 4 aliphatic rings. The third-order valence-electron chi connectivity index (χ3n) is 14.3. The highest BCUT2D eigenvalue weighted by Gasteiger charge is 2.55. The van der Waals surface area contributed by atoms with Gasteiger partial charge in [-0.25, -0.2) is 19.6 Å². The fraction of sp³-hybridized carbons (Fsp3) is 0.373. The van der Waals surface area contributed by atoms with Crippen LogP contribution < -0.4 is 10.6 Å². The molecule has 2 saturated heterocycles. The van der Waals surface area contributed by atoms with Crippen molar-refractivity contribution in [2.45, 2.75) is 82.6 Å². The number of alkyl carbamates (subject to hydrolysis) is 2. The minimum Gasteiger partial charge on any atom is -0.453 e. The van der Waals surface area contributed by atoms with Gasteiger partial charge < -0.3 is 39.9 Å². The van der Waals surface area contributed by atoms with E-state index in [2.05, 4.69) is 81.3 Å². The molecular weight excluding hydrogens is 821 g/mol. The molecule has 2 aliphatic heterocycles. The van der Waals surface area contributed by atoms with E-state index in [9.17, 15) is 19.2 Å². The van der Waals surface area contributed by atoms with E-state index >= 15 is 0 Å².